The van der Waals surface area contributed by atoms with Crippen LogP contribution in [0.4, 0.5) is 5.69 Å². The second-order valence-corrected chi connectivity index (χ2v) is 8.78. The molecule has 1 amide bonds. The number of aryl methyl sites for hydroxylation is 1. The molecular weight excluding hydrogens is 555 g/mol. The maximum absolute atomic E-state index is 12.7. The van der Waals surface area contributed by atoms with Crippen molar-refractivity contribution in [2.75, 3.05) is 18.5 Å². The number of amides is 1. The standard InChI is InChI=1S/C28H27IN2O4/c1-4-33-26-16-21(15-25(29)27(26)34-5-2)14-22(17-30)28(32)31-23-10-12-24(13-11-23)35-18-20-8-6-19(3)7-9-20/h6-16H,4-5,18H2,1-3H3,(H,31,32)/b22-14+. The summed E-state index contributed by atoms with van der Waals surface area (Å²) in [4.78, 5) is 12.7. The molecule has 0 spiro atoms. The average molecular weight is 582 g/mol. The Morgan fingerprint density at radius 3 is 2.31 bits per heavy atom. The number of benzene rings is 3. The lowest BCUT2D eigenvalue weighted by Crippen LogP contribution is -2.13. The van der Waals surface area contributed by atoms with Crippen molar-refractivity contribution in [2.24, 2.45) is 0 Å². The maximum atomic E-state index is 12.7. The van der Waals surface area contributed by atoms with Crippen molar-refractivity contribution in [1.82, 2.24) is 0 Å². The van der Waals surface area contributed by atoms with Crippen molar-refractivity contribution in [2.45, 2.75) is 27.4 Å². The molecule has 0 heterocycles. The second kappa shape index (κ2) is 12.8. The zero-order chi connectivity index (χ0) is 25.2. The Labute approximate surface area is 219 Å². The number of ether oxygens (including phenoxy) is 3. The van der Waals surface area contributed by atoms with Gasteiger partial charge in [-0.25, -0.2) is 0 Å². The van der Waals surface area contributed by atoms with Crippen LogP contribution in [-0.2, 0) is 11.4 Å². The fourth-order valence-electron chi connectivity index (χ4n) is 3.22. The molecule has 0 aromatic heterocycles. The van der Waals surface area contributed by atoms with Crippen LogP contribution in [0, 0.1) is 21.8 Å². The highest BCUT2D eigenvalue weighted by Gasteiger charge is 2.14. The molecule has 0 aliphatic carbocycles. The molecule has 0 aliphatic rings. The third-order valence-corrected chi connectivity index (χ3v) is 5.74. The lowest BCUT2D eigenvalue weighted by molar-refractivity contribution is -0.112. The molecule has 0 saturated heterocycles. The number of halogens is 1. The molecule has 3 aromatic carbocycles. The van der Waals surface area contributed by atoms with Crippen LogP contribution >= 0.6 is 22.6 Å². The second-order valence-electron chi connectivity index (χ2n) is 7.62. The van der Waals surface area contributed by atoms with Crippen molar-refractivity contribution < 1.29 is 19.0 Å². The van der Waals surface area contributed by atoms with Crippen molar-refractivity contribution in [3.8, 4) is 23.3 Å². The normalized spacial score (nSPS) is 10.9. The summed E-state index contributed by atoms with van der Waals surface area (Å²) >= 11 is 2.15. The van der Waals surface area contributed by atoms with Gasteiger partial charge in [0.05, 0.1) is 16.8 Å². The number of hydrogen-bond acceptors (Lipinski definition) is 5. The van der Waals surface area contributed by atoms with E-state index in [4.69, 9.17) is 14.2 Å². The number of nitriles is 1. The number of nitrogens with zero attached hydrogens (tertiary/aromatic N) is 1. The van der Waals surface area contributed by atoms with Crippen LogP contribution in [0.2, 0.25) is 0 Å². The molecular formula is C28H27IN2O4. The summed E-state index contributed by atoms with van der Waals surface area (Å²) in [6.07, 6.45) is 1.54. The van der Waals surface area contributed by atoms with E-state index in [0.717, 1.165) is 9.13 Å². The summed E-state index contributed by atoms with van der Waals surface area (Å²) in [6.45, 7) is 7.27. The van der Waals surface area contributed by atoms with Crippen LogP contribution < -0.4 is 19.5 Å². The Kier molecular flexibility index (Phi) is 9.56. The van der Waals surface area contributed by atoms with Gasteiger partial charge in [0, 0.05) is 5.69 Å². The molecule has 6 nitrogen and oxygen atoms in total. The lowest BCUT2D eigenvalue weighted by Gasteiger charge is -2.13. The molecule has 0 saturated carbocycles. The average Bonchev–Trinajstić information content (AvgIpc) is 2.85. The van der Waals surface area contributed by atoms with Gasteiger partial charge in [-0.2, -0.15) is 5.26 Å². The SMILES string of the molecule is CCOc1cc(/C=C(\C#N)C(=O)Nc2ccc(OCc3ccc(C)cc3)cc2)cc(I)c1OCC. The van der Waals surface area contributed by atoms with Crippen LogP contribution in [0.5, 0.6) is 17.2 Å². The van der Waals surface area contributed by atoms with E-state index in [1.165, 1.54) is 11.6 Å². The van der Waals surface area contributed by atoms with Crippen LogP contribution in [0.3, 0.4) is 0 Å². The van der Waals surface area contributed by atoms with Gasteiger partial charge in [0.25, 0.3) is 5.91 Å². The molecule has 7 heteroatoms. The Hall–Kier alpha value is -3.51. The highest BCUT2D eigenvalue weighted by Crippen LogP contribution is 2.35. The lowest BCUT2D eigenvalue weighted by atomic mass is 10.1. The summed E-state index contributed by atoms with van der Waals surface area (Å²) in [5.41, 5.74) is 3.50. The van der Waals surface area contributed by atoms with Crippen molar-refractivity contribution in [1.29, 1.82) is 5.26 Å². The number of carbonyl (C=O) groups is 1. The summed E-state index contributed by atoms with van der Waals surface area (Å²) in [7, 11) is 0. The van der Waals surface area contributed by atoms with Gasteiger partial charge in [0.15, 0.2) is 11.5 Å². The van der Waals surface area contributed by atoms with E-state index in [0.29, 0.717) is 48.3 Å². The molecule has 0 fully saturated rings. The third kappa shape index (κ3) is 7.49. The summed E-state index contributed by atoms with van der Waals surface area (Å²) in [5, 5.41) is 12.4. The zero-order valence-electron chi connectivity index (χ0n) is 19.9. The van der Waals surface area contributed by atoms with Gasteiger partial charge < -0.3 is 19.5 Å². The van der Waals surface area contributed by atoms with Gasteiger partial charge in [-0.15, -0.1) is 0 Å². The number of anilines is 1. The first-order valence-electron chi connectivity index (χ1n) is 11.2. The van der Waals surface area contributed by atoms with E-state index in [9.17, 15) is 10.1 Å². The fraction of sp³-hybridized carbons (Fsp3) is 0.214. The van der Waals surface area contributed by atoms with Gasteiger partial charge in [0.1, 0.15) is 24.0 Å². The maximum Gasteiger partial charge on any atom is 0.266 e. The molecule has 0 atom stereocenters. The summed E-state index contributed by atoms with van der Waals surface area (Å²) in [6, 6.07) is 20.8. The highest BCUT2D eigenvalue weighted by atomic mass is 127. The van der Waals surface area contributed by atoms with Crippen LogP contribution in [-0.4, -0.2) is 19.1 Å². The molecule has 0 radical (unpaired) electrons. The van der Waals surface area contributed by atoms with E-state index in [-0.39, 0.29) is 5.57 Å². The van der Waals surface area contributed by atoms with Gasteiger partial charge in [-0.1, -0.05) is 29.8 Å². The van der Waals surface area contributed by atoms with E-state index >= 15 is 0 Å². The number of rotatable bonds is 10. The number of nitrogens with one attached hydrogen (secondary N) is 1. The minimum Gasteiger partial charge on any atom is -0.490 e. The first-order chi connectivity index (χ1) is 16.9. The number of hydrogen-bond donors (Lipinski definition) is 1. The molecule has 0 unspecified atom stereocenters. The molecule has 0 bridgehead atoms. The molecule has 1 N–H and O–H groups in total. The number of carbonyl (C=O) groups excluding carboxylic acids is 1. The Bertz CT molecular complexity index is 1230. The van der Waals surface area contributed by atoms with E-state index < -0.39 is 5.91 Å². The molecule has 3 rings (SSSR count). The first kappa shape index (κ1) is 26.1. The van der Waals surface area contributed by atoms with Crippen molar-refractivity contribution in [3.63, 3.8) is 0 Å². The minimum absolute atomic E-state index is 0.0212. The predicted molar refractivity (Wildman–Crippen MR) is 146 cm³/mol. The van der Waals surface area contributed by atoms with Crippen LogP contribution in [0.15, 0.2) is 66.2 Å². The van der Waals surface area contributed by atoms with Crippen LogP contribution in [0.25, 0.3) is 6.08 Å². The molecule has 3 aromatic rings. The Morgan fingerprint density at radius 1 is 1.00 bits per heavy atom. The topological polar surface area (TPSA) is 80.6 Å². The quantitative estimate of drug-likeness (QED) is 0.167. The van der Waals surface area contributed by atoms with Crippen LogP contribution in [0.1, 0.15) is 30.5 Å². The van der Waals surface area contributed by atoms with Gasteiger partial charge in [-0.3, -0.25) is 4.79 Å². The molecule has 180 valence electrons. The monoisotopic (exact) mass is 582 g/mol. The Balaban J connectivity index is 1.69. The Morgan fingerprint density at radius 2 is 1.69 bits per heavy atom. The summed E-state index contributed by atoms with van der Waals surface area (Å²) in [5.74, 6) is 1.42. The highest BCUT2D eigenvalue weighted by molar-refractivity contribution is 14.1. The predicted octanol–water partition coefficient (Wildman–Crippen LogP) is 6.52. The molecule has 0 aliphatic heterocycles. The first-order valence-corrected chi connectivity index (χ1v) is 12.3. The minimum atomic E-state index is -0.498. The third-order valence-electron chi connectivity index (χ3n) is 4.93. The largest absolute Gasteiger partial charge is 0.490 e. The van der Waals surface area contributed by atoms with Crippen molar-refractivity contribution in [3.05, 3.63) is 86.5 Å². The smallest absolute Gasteiger partial charge is 0.266 e. The van der Waals surface area contributed by atoms with E-state index in [2.05, 4.69) is 27.9 Å². The van der Waals surface area contributed by atoms with E-state index in [1.807, 2.05) is 57.2 Å². The van der Waals surface area contributed by atoms with E-state index in [1.54, 1.807) is 30.3 Å². The zero-order valence-corrected chi connectivity index (χ0v) is 22.1. The summed E-state index contributed by atoms with van der Waals surface area (Å²) < 4.78 is 18.0. The fourth-order valence-corrected chi connectivity index (χ4v) is 4.00. The van der Waals surface area contributed by atoms with Gasteiger partial charge in [0.2, 0.25) is 0 Å². The van der Waals surface area contributed by atoms with Gasteiger partial charge in [-0.05, 0) is 97.0 Å². The van der Waals surface area contributed by atoms with Crippen molar-refractivity contribution >= 4 is 40.3 Å². The van der Waals surface area contributed by atoms with Gasteiger partial charge >= 0.3 is 0 Å². The molecule has 35 heavy (non-hydrogen) atoms.